The maximum absolute atomic E-state index is 11.5. The van der Waals surface area contributed by atoms with E-state index in [4.69, 9.17) is 4.74 Å². The van der Waals surface area contributed by atoms with E-state index in [1.54, 1.807) is 7.11 Å². The molecule has 0 aliphatic carbocycles. The molecule has 0 heterocycles. The largest absolute Gasteiger partial charge is 0.497 e. The molecule has 0 bridgehead atoms. The van der Waals surface area contributed by atoms with Crippen LogP contribution in [0.2, 0.25) is 0 Å². The molecule has 0 radical (unpaired) electrons. The minimum atomic E-state index is 0.120. The van der Waals surface area contributed by atoms with Crippen LogP contribution in [0.1, 0.15) is 32.3 Å². The summed E-state index contributed by atoms with van der Waals surface area (Å²) >= 11 is 0. The lowest BCUT2D eigenvalue weighted by atomic mass is 10.1. The number of nitrogens with one attached hydrogen (secondary N) is 1. The molecule has 0 spiro atoms. The van der Waals surface area contributed by atoms with Gasteiger partial charge in [-0.15, -0.1) is 0 Å². The van der Waals surface area contributed by atoms with E-state index < -0.39 is 0 Å². The van der Waals surface area contributed by atoms with Crippen LogP contribution < -0.4 is 10.1 Å². The third-order valence-electron chi connectivity index (χ3n) is 2.60. The average Bonchev–Trinajstić information content (AvgIpc) is 2.34. The molecule has 1 aromatic carbocycles. The van der Waals surface area contributed by atoms with Crippen molar-refractivity contribution in [3.63, 3.8) is 0 Å². The van der Waals surface area contributed by atoms with Crippen LogP contribution in [0.15, 0.2) is 24.3 Å². The van der Waals surface area contributed by atoms with Gasteiger partial charge in [-0.25, -0.2) is 0 Å². The molecule has 3 heteroatoms. The van der Waals surface area contributed by atoms with Crippen LogP contribution in [-0.4, -0.2) is 13.0 Å². The third-order valence-corrected chi connectivity index (χ3v) is 2.60. The highest BCUT2D eigenvalue weighted by Crippen LogP contribution is 2.11. The maximum Gasteiger partial charge on any atom is 0.220 e. The molecule has 0 saturated heterocycles. The number of hydrogen-bond acceptors (Lipinski definition) is 2. The van der Waals surface area contributed by atoms with Gasteiger partial charge in [-0.05, 0) is 30.0 Å². The Hall–Kier alpha value is -1.51. The number of benzene rings is 1. The predicted octanol–water partition coefficient (Wildman–Crippen LogP) is 2.75. The molecule has 3 nitrogen and oxygen atoms in total. The second-order valence-electron chi connectivity index (χ2n) is 4.56. The normalized spacial score (nSPS) is 10.4. The van der Waals surface area contributed by atoms with Crippen LogP contribution in [0.25, 0.3) is 0 Å². The van der Waals surface area contributed by atoms with E-state index in [1.807, 2.05) is 24.3 Å². The van der Waals surface area contributed by atoms with Crippen molar-refractivity contribution in [1.29, 1.82) is 0 Å². The Morgan fingerprint density at radius 3 is 2.47 bits per heavy atom. The third kappa shape index (κ3) is 5.38. The number of methoxy groups -OCH3 is 1. The molecule has 0 unspecified atom stereocenters. The van der Waals surface area contributed by atoms with Crippen LogP contribution in [-0.2, 0) is 11.3 Å². The van der Waals surface area contributed by atoms with Gasteiger partial charge < -0.3 is 10.1 Å². The fourth-order valence-electron chi connectivity index (χ4n) is 1.45. The summed E-state index contributed by atoms with van der Waals surface area (Å²) in [5, 5.41) is 2.91. The first-order valence-corrected chi connectivity index (χ1v) is 6.01. The van der Waals surface area contributed by atoms with Crippen molar-refractivity contribution in [3.8, 4) is 5.75 Å². The van der Waals surface area contributed by atoms with E-state index in [0.29, 0.717) is 18.9 Å². The van der Waals surface area contributed by atoms with Gasteiger partial charge in [-0.1, -0.05) is 26.0 Å². The highest BCUT2D eigenvalue weighted by atomic mass is 16.5. The Bertz CT molecular complexity index is 344. The summed E-state index contributed by atoms with van der Waals surface area (Å²) in [7, 11) is 1.64. The van der Waals surface area contributed by atoms with Gasteiger partial charge in [0.15, 0.2) is 0 Å². The molecule has 17 heavy (non-hydrogen) atoms. The molecule has 0 atom stereocenters. The second kappa shape index (κ2) is 6.94. The van der Waals surface area contributed by atoms with Crippen molar-refractivity contribution < 1.29 is 9.53 Å². The molecular weight excluding hydrogens is 214 g/mol. The molecule has 0 aliphatic heterocycles. The van der Waals surface area contributed by atoms with Gasteiger partial charge in [0, 0.05) is 13.0 Å². The summed E-state index contributed by atoms with van der Waals surface area (Å²) < 4.78 is 5.07. The Morgan fingerprint density at radius 1 is 1.29 bits per heavy atom. The zero-order valence-corrected chi connectivity index (χ0v) is 10.8. The number of carbonyl (C=O) groups excluding carboxylic acids is 1. The van der Waals surface area contributed by atoms with E-state index >= 15 is 0 Å². The molecule has 0 saturated carbocycles. The summed E-state index contributed by atoms with van der Waals surface area (Å²) in [5.41, 5.74) is 1.09. The molecule has 1 rings (SSSR count). The number of rotatable bonds is 6. The maximum atomic E-state index is 11.5. The summed E-state index contributed by atoms with van der Waals surface area (Å²) in [4.78, 5) is 11.5. The monoisotopic (exact) mass is 235 g/mol. The van der Waals surface area contributed by atoms with Gasteiger partial charge in [0.25, 0.3) is 0 Å². The van der Waals surface area contributed by atoms with Gasteiger partial charge >= 0.3 is 0 Å². The van der Waals surface area contributed by atoms with Gasteiger partial charge in [-0.3, -0.25) is 4.79 Å². The fourth-order valence-corrected chi connectivity index (χ4v) is 1.45. The summed E-state index contributed by atoms with van der Waals surface area (Å²) in [6.45, 7) is 4.83. The lowest BCUT2D eigenvalue weighted by Crippen LogP contribution is -2.22. The molecule has 0 aliphatic rings. The SMILES string of the molecule is COc1ccc(CNC(=O)CCC(C)C)cc1. The topological polar surface area (TPSA) is 38.3 Å². The predicted molar refractivity (Wildman–Crippen MR) is 68.9 cm³/mol. The van der Waals surface area contributed by atoms with Crippen molar-refractivity contribution in [2.45, 2.75) is 33.2 Å². The summed E-state index contributed by atoms with van der Waals surface area (Å²) in [6.07, 6.45) is 1.54. The minimum absolute atomic E-state index is 0.120. The zero-order chi connectivity index (χ0) is 12.7. The van der Waals surface area contributed by atoms with E-state index in [-0.39, 0.29) is 5.91 Å². The fraction of sp³-hybridized carbons (Fsp3) is 0.500. The van der Waals surface area contributed by atoms with E-state index in [9.17, 15) is 4.79 Å². The van der Waals surface area contributed by atoms with Crippen molar-refractivity contribution in [3.05, 3.63) is 29.8 Å². The van der Waals surface area contributed by atoms with Crippen LogP contribution in [0, 0.1) is 5.92 Å². The van der Waals surface area contributed by atoms with Crippen molar-refractivity contribution >= 4 is 5.91 Å². The number of hydrogen-bond donors (Lipinski definition) is 1. The van der Waals surface area contributed by atoms with E-state index in [2.05, 4.69) is 19.2 Å². The van der Waals surface area contributed by atoms with Gasteiger partial charge in [0.2, 0.25) is 5.91 Å². The Labute approximate surface area is 103 Å². The lowest BCUT2D eigenvalue weighted by molar-refractivity contribution is -0.121. The van der Waals surface area contributed by atoms with Gasteiger partial charge in [0.05, 0.1) is 7.11 Å². The minimum Gasteiger partial charge on any atom is -0.497 e. The van der Waals surface area contributed by atoms with Crippen molar-refractivity contribution in [2.75, 3.05) is 7.11 Å². The molecular formula is C14H21NO2. The Kier molecular flexibility index (Phi) is 5.53. The van der Waals surface area contributed by atoms with E-state index in [1.165, 1.54) is 0 Å². The zero-order valence-electron chi connectivity index (χ0n) is 10.8. The lowest BCUT2D eigenvalue weighted by Gasteiger charge is -2.07. The first-order chi connectivity index (χ1) is 8.11. The molecule has 1 N–H and O–H groups in total. The summed E-state index contributed by atoms with van der Waals surface area (Å²) in [5.74, 6) is 1.52. The summed E-state index contributed by atoms with van der Waals surface area (Å²) in [6, 6.07) is 7.72. The van der Waals surface area contributed by atoms with Crippen LogP contribution in [0.5, 0.6) is 5.75 Å². The van der Waals surface area contributed by atoms with Crippen LogP contribution in [0.3, 0.4) is 0 Å². The Morgan fingerprint density at radius 2 is 1.94 bits per heavy atom. The Balaban J connectivity index is 2.31. The van der Waals surface area contributed by atoms with Crippen molar-refractivity contribution in [2.24, 2.45) is 5.92 Å². The number of ether oxygens (including phenoxy) is 1. The molecule has 0 fully saturated rings. The smallest absolute Gasteiger partial charge is 0.220 e. The quantitative estimate of drug-likeness (QED) is 0.823. The van der Waals surface area contributed by atoms with Crippen molar-refractivity contribution in [1.82, 2.24) is 5.32 Å². The second-order valence-corrected chi connectivity index (χ2v) is 4.56. The first kappa shape index (κ1) is 13.6. The number of amides is 1. The number of carbonyl (C=O) groups is 1. The molecule has 94 valence electrons. The van der Waals surface area contributed by atoms with E-state index in [0.717, 1.165) is 17.7 Å². The molecule has 0 aromatic heterocycles. The molecule has 1 amide bonds. The highest BCUT2D eigenvalue weighted by Gasteiger charge is 2.03. The van der Waals surface area contributed by atoms with Gasteiger partial charge in [0.1, 0.15) is 5.75 Å². The highest BCUT2D eigenvalue weighted by molar-refractivity contribution is 5.75. The van der Waals surface area contributed by atoms with Crippen LogP contribution >= 0.6 is 0 Å². The van der Waals surface area contributed by atoms with Crippen LogP contribution in [0.4, 0.5) is 0 Å². The van der Waals surface area contributed by atoms with Gasteiger partial charge in [-0.2, -0.15) is 0 Å². The standard InChI is InChI=1S/C14H21NO2/c1-11(2)4-9-14(16)15-10-12-5-7-13(17-3)8-6-12/h5-8,11H,4,9-10H2,1-3H3,(H,15,16). The average molecular weight is 235 g/mol. The first-order valence-electron chi connectivity index (χ1n) is 6.01. The molecule has 1 aromatic rings.